The number of rotatable bonds is 7. The number of hydrogen-bond acceptors (Lipinski definition) is 5. The number of nitrogens with zero attached hydrogens (tertiary/aromatic N) is 1. The van der Waals surface area contributed by atoms with Crippen LogP contribution in [0, 0.1) is 0 Å². The van der Waals surface area contributed by atoms with Crippen molar-refractivity contribution < 1.29 is 9.63 Å². The van der Waals surface area contributed by atoms with Gasteiger partial charge in [-0.15, -0.1) is 0 Å². The molecule has 22 heavy (non-hydrogen) atoms. The van der Waals surface area contributed by atoms with E-state index in [4.69, 9.17) is 10.6 Å². The minimum Gasteiger partial charge on any atom is -0.325 e. The molecule has 3 rings (SSSR count). The summed E-state index contributed by atoms with van der Waals surface area (Å²) in [6, 6.07) is 9.36. The summed E-state index contributed by atoms with van der Waals surface area (Å²) >= 11 is 0. The van der Waals surface area contributed by atoms with E-state index < -0.39 is 0 Å². The van der Waals surface area contributed by atoms with Crippen LogP contribution in [-0.2, 0) is 16.2 Å². The van der Waals surface area contributed by atoms with Gasteiger partial charge in [0.1, 0.15) is 0 Å². The van der Waals surface area contributed by atoms with Gasteiger partial charge in [-0.05, 0) is 30.5 Å². The number of amides is 1. The standard InChI is InChI=1S/C15H19N5O2/c16-8-15(21)17-12-5-1-10(2-6-12)9-22-20-14-7-13(18-19-14)11-3-4-11/h1-2,5-7,11H,3-4,8-9,16H2,(H,17,21)(H2,18,19,20). The Morgan fingerprint density at radius 2 is 2.14 bits per heavy atom. The number of nitrogens with one attached hydrogen (secondary N) is 3. The fraction of sp³-hybridized carbons (Fsp3) is 0.333. The van der Waals surface area contributed by atoms with Crippen molar-refractivity contribution in [2.75, 3.05) is 17.3 Å². The molecule has 1 amide bonds. The van der Waals surface area contributed by atoms with Gasteiger partial charge in [-0.3, -0.25) is 14.7 Å². The highest BCUT2D eigenvalue weighted by Gasteiger charge is 2.25. The number of carbonyl (C=O) groups excluding carboxylic acids is 1. The first-order valence-electron chi connectivity index (χ1n) is 7.26. The Bertz CT molecular complexity index is 634. The molecule has 0 saturated heterocycles. The molecule has 1 aliphatic rings. The molecule has 0 atom stereocenters. The van der Waals surface area contributed by atoms with Crippen molar-refractivity contribution in [2.24, 2.45) is 5.73 Å². The Morgan fingerprint density at radius 1 is 1.36 bits per heavy atom. The second-order valence-electron chi connectivity index (χ2n) is 5.32. The molecule has 0 radical (unpaired) electrons. The van der Waals surface area contributed by atoms with Gasteiger partial charge in [0.05, 0.1) is 13.2 Å². The molecular formula is C15H19N5O2. The van der Waals surface area contributed by atoms with E-state index >= 15 is 0 Å². The van der Waals surface area contributed by atoms with Gasteiger partial charge in [0.25, 0.3) is 0 Å². The van der Waals surface area contributed by atoms with Crippen LogP contribution in [0.1, 0.15) is 30.0 Å². The summed E-state index contributed by atoms with van der Waals surface area (Å²) in [5, 5.41) is 9.83. The molecule has 2 aromatic rings. The zero-order chi connectivity index (χ0) is 15.4. The van der Waals surface area contributed by atoms with Crippen LogP contribution in [0.15, 0.2) is 30.3 Å². The highest BCUT2D eigenvalue weighted by atomic mass is 16.6. The number of hydrogen-bond donors (Lipinski definition) is 4. The summed E-state index contributed by atoms with van der Waals surface area (Å²) in [7, 11) is 0. The van der Waals surface area contributed by atoms with Gasteiger partial charge in [0.15, 0.2) is 5.82 Å². The van der Waals surface area contributed by atoms with Gasteiger partial charge in [0.2, 0.25) is 5.91 Å². The minimum absolute atomic E-state index is 0.0265. The Hall–Kier alpha value is -2.38. The molecule has 116 valence electrons. The molecule has 0 spiro atoms. The lowest BCUT2D eigenvalue weighted by Crippen LogP contribution is -2.21. The lowest BCUT2D eigenvalue weighted by molar-refractivity contribution is -0.114. The highest BCUT2D eigenvalue weighted by molar-refractivity contribution is 5.92. The maximum Gasteiger partial charge on any atom is 0.238 e. The Kier molecular flexibility index (Phi) is 4.36. The predicted molar refractivity (Wildman–Crippen MR) is 83.1 cm³/mol. The summed E-state index contributed by atoms with van der Waals surface area (Å²) in [5.41, 5.74) is 10.9. The van der Waals surface area contributed by atoms with Crippen molar-refractivity contribution >= 4 is 17.4 Å². The largest absolute Gasteiger partial charge is 0.325 e. The van der Waals surface area contributed by atoms with Crippen molar-refractivity contribution in [1.82, 2.24) is 10.2 Å². The first-order chi connectivity index (χ1) is 10.7. The molecule has 0 bridgehead atoms. The Morgan fingerprint density at radius 3 is 2.82 bits per heavy atom. The Labute approximate surface area is 128 Å². The normalized spacial score (nSPS) is 13.9. The van der Waals surface area contributed by atoms with Gasteiger partial charge < -0.3 is 11.1 Å². The third kappa shape index (κ3) is 3.84. The molecule has 0 unspecified atom stereocenters. The quantitative estimate of drug-likeness (QED) is 0.583. The average molecular weight is 301 g/mol. The third-order valence-electron chi connectivity index (χ3n) is 3.45. The maximum atomic E-state index is 11.2. The van der Waals surface area contributed by atoms with Crippen molar-refractivity contribution in [3.63, 3.8) is 0 Å². The van der Waals surface area contributed by atoms with Crippen molar-refractivity contribution in [3.05, 3.63) is 41.6 Å². The summed E-state index contributed by atoms with van der Waals surface area (Å²) in [5.74, 6) is 1.11. The molecule has 1 aliphatic carbocycles. The van der Waals surface area contributed by atoms with Gasteiger partial charge in [-0.1, -0.05) is 12.1 Å². The van der Waals surface area contributed by atoms with Crippen LogP contribution in [0.3, 0.4) is 0 Å². The molecule has 1 aromatic carbocycles. The van der Waals surface area contributed by atoms with Crippen molar-refractivity contribution in [2.45, 2.75) is 25.4 Å². The van der Waals surface area contributed by atoms with Gasteiger partial charge in [-0.2, -0.15) is 5.10 Å². The number of aromatic nitrogens is 2. The van der Waals surface area contributed by atoms with E-state index in [0.29, 0.717) is 24.0 Å². The van der Waals surface area contributed by atoms with E-state index in [1.807, 2.05) is 30.3 Å². The van der Waals surface area contributed by atoms with E-state index in [2.05, 4.69) is 21.0 Å². The first kappa shape index (κ1) is 14.6. The minimum atomic E-state index is -0.212. The Balaban J connectivity index is 1.45. The van der Waals surface area contributed by atoms with Crippen LogP contribution in [0.4, 0.5) is 11.5 Å². The summed E-state index contributed by atoms with van der Waals surface area (Å²) < 4.78 is 0. The molecular weight excluding hydrogens is 282 g/mol. The number of H-pyrrole nitrogens is 1. The summed E-state index contributed by atoms with van der Waals surface area (Å²) in [4.78, 5) is 16.6. The van der Waals surface area contributed by atoms with Crippen LogP contribution < -0.4 is 16.5 Å². The van der Waals surface area contributed by atoms with Gasteiger partial charge in [-0.25, -0.2) is 5.48 Å². The maximum absolute atomic E-state index is 11.2. The summed E-state index contributed by atoms with van der Waals surface area (Å²) in [6.45, 7) is 0.373. The van der Waals surface area contributed by atoms with Crippen LogP contribution in [0.2, 0.25) is 0 Å². The fourth-order valence-corrected chi connectivity index (χ4v) is 2.08. The number of anilines is 2. The second-order valence-corrected chi connectivity index (χ2v) is 5.32. The topological polar surface area (TPSA) is 105 Å². The highest BCUT2D eigenvalue weighted by Crippen LogP contribution is 2.39. The predicted octanol–water partition coefficient (Wildman–Crippen LogP) is 1.73. The summed E-state index contributed by atoms with van der Waals surface area (Å²) in [6.07, 6.45) is 2.46. The molecule has 1 heterocycles. The number of nitrogens with two attached hydrogens (primary N) is 1. The van der Waals surface area contributed by atoms with Crippen LogP contribution in [0.5, 0.6) is 0 Å². The zero-order valence-corrected chi connectivity index (χ0v) is 12.1. The first-order valence-corrected chi connectivity index (χ1v) is 7.26. The van der Waals surface area contributed by atoms with E-state index in [1.54, 1.807) is 0 Å². The molecule has 7 nitrogen and oxygen atoms in total. The van der Waals surface area contributed by atoms with Crippen molar-refractivity contribution in [3.8, 4) is 0 Å². The molecule has 1 fully saturated rings. The number of carbonyl (C=O) groups is 1. The third-order valence-corrected chi connectivity index (χ3v) is 3.45. The van der Waals surface area contributed by atoms with Gasteiger partial charge in [0, 0.05) is 23.4 Å². The van der Waals surface area contributed by atoms with Crippen molar-refractivity contribution in [1.29, 1.82) is 0 Å². The second kappa shape index (κ2) is 6.59. The molecule has 7 heteroatoms. The van der Waals surface area contributed by atoms with E-state index in [1.165, 1.54) is 12.8 Å². The van der Waals surface area contributed by atoms with Gasteiger partial charge >= 0.3 is 0 Å². The fourth-order valence-electron chi connectivity index (χ4n) is 2.08. The monoisotopic (exact) mass is 301 g/mol. The number of aromatic amines is 1. The van der Waals surface area contributed by atoms with E-state index in [-0.39, 0.29) is 12.5 Å². The lowest BCUT2D eigenvalue weighted by Gasteiger charge is -2.06. The smallest absolute Gasteiger partial charge is 0.238 e. The van der Waals surface area contributed by atoms with E-state index in [9.17, 15) is 4.79 Å². The molecule has 0 aliphatic heterocycles. The zero-order valence-electron chi connectivity index (χ0n) is 12.1. The lowest BCUT2D eigenvalue weighted by atomic mass is 10.2. The number of benzene rings is 1. The van der Waals surface area contributed by atoms with E-state index in [0.717, 1.165) is 11.3 Å². The van der Waals surface area contributed by atoms with Crippen LogP contribution >= 0.6 is 0 Å². The average Bonchev–Trinajstić information content (AvgIpc) is 3.28. The molecule has 5 N–H and O–H groups in total. The van der Waals surface area contributed by atoms with Crippen LogP contribution in [-0.4, -0.2) is 22.6 Å². The SMILES string of the molecule is NCC(=O)Nc1ccc(CONc2cc(C3CC3)[nH]n2)cc1. The van der Waals surface area contributed by atoms with Crippen LogP contribution in [0.25, 0.3) is 0 Å². The molecule has 1 aromatic heterocycles. The molecule has 1 saturated carbocycles.